The van der Waals surface area contributed by atoms with Gasteiger partial charge in [0.2, 0.25) is 0 Å². The molecule has 2 heterocycles. The Morgan fingerprint density at radius 2 is 1.84 bits per heavy atom. The molecule has 31 heavy (non-hydrogen) atoms. The van der Waals surface area contributed by atoms with Gasteiger partial charge in [0.15, 0.2) is 0 Å². The molecule has 168 valence electrons. The standard InChI is InChI=1S/C23H31N3O5/c1-23(2,3)31-22(30)26-13-11-16(12-14-26)24-20(28)18-19(27)17(25-21(18)29)10-9-15-7-5-4-6-8-15/h4-8,16-17,27H,9-14H2,1-3H3,(H,24,28)(H,25,29). The molecule has 0 aliphatic carbocycles. The molecular formula is C23H31N3O5. The normalized spacial score (nSPS) is 19.9. The van der Waals surface area contributed by atoms with Gasteiger partial charge in [-0.15, -0.1) is 0 Å². The zero-order chi connectivity index (χ0) is 22.6. The lowest BCUT2D eigenvalue weighted by Crippen LogP contribution is -2.48. The zero-order valence-electron chi connectivity index (χ0n) is 18.3. The van der Waals surface area contributed by atoms with Crippen LogP contribution >= 0.6 is 0 Å². The van der Waals surface area contributed by atoms with Crippen LogP contribution in [0.3, 0.4) is 0 Å². The fourth-order valence-corrected chi connectivity index (χ4v) is 3.76. The number of hydrogen-bond acceptors (Lipinski definition) is 5. The quantitative estimate of drug-likeness (QED) is 0.623. The first-order valence-electron chi connectivity index (χ1n) is 10.7. The van der Waals surface area contributed by atoms with Crippen LogP contribution in [0.2, 0.25) is 0 Å². The van der Waals surface area contributed by atoms with Gasteiger partial charge in [-0.25, -0.2) is 4.79 Å². The van der Waals surface area contributed by atoms with Crippen LogP contribution in [0, 0.1) is 0 Å². The van der Waals surface area contributed by atoms with Crippen molar-refractivity contribution >= 4 is 17.9 Å². The summed E-state index contributed by atoms with van der Waals surface area (Å²) in [5.74, 6) is -1.34. The van der Waals surface area contributed by atoms with E-state index in [1.54, 1.807) is 4.90 Å². The van der Waals surface area contributed by atoms with Gasteiger partial charge in [0.25, 0.3) is 11.8 Å². The van der Waals surface area contributed by atoms with Gasteiger partial charge in [0.05, 0.1) is 6.04 Å². The molecule has 8 nitrogen and oxygen atoms in total. The van der Waals surface area contributed by atoms with Crippen molar-refractivity contribution in [2.75, 3.05) is 13.1 Å². The van der Waals surface area contributed by atoms with E-state index in [0.717, 1.165) is 5.56 Å². The summed E-state index contributed by atoms with van der Waals surface area (Å²) in [6.07, 6.45) is 1.92. The van der Waals surface area contributed by atoms with E-state index in [1.165, 1.54) is 0 Å². The Kier molecular flexibility index (Phi) is 6.87. The summed E-state index contributed by atoms with van der Waals surface area (Å²) < 4.78 is 5.38. The van der Waals surface area contributed by atoms with Gasteiger partial charge >= 0.3 is 6.09 Å². The van der Waals surface area contributed by atoms with Gasteiger partial charge in [-0.2, -0.15) is 0 Å². The zero-order valence-corrected chi connectivity index (χ0v) is 18.3. The molecule has 0 aromatic heterocycles. The molecule has 1 atom stereocenters. The number of piperidine rings is 1. The highest BCUT2D eigenvalue weighted by Gasteiger charge is 2.37. The van der Waals surface area contributed by atoms with Crippen molar-refractivity contribution in [3.05, 3.63) is 47.2 Å². The van der Waals surface area contributed by atoms with Crippen LogP contribution in [0.5, 0.6) is 0 Å². The van der Waals surface area contributed by atoms with Gasteiger partial charge in [-0.3, -0.25) is 9.59 Å². The maximum absolute atomic E-state index is 12.7. The highest BCUT2D eigenvalue weighted by Crippen LogP contribution is 2.21. The van der Waals surface area contributed by atoms with Crippen LogP contribution < -0.4 is 10.6 Å². The van der Waals surface area contributed by atoms with Crippen LogP contribution in [0.4, 0.5) is 4.79 Å². The molecule has 3 amide bonds. The highest BCUT2D eigenvalue weighted by atomic mass is 16.6. The van der Waals surface area contributed by atoms with E-state index in [4.69, 9.17) is 4.74 Å². The second kappa shape index (κ2) is 9.41. The van der Waals surface area contributed by atoms with Crippen LogP contribution in [-0.4, -0.2) is 58.7 Å². The largest absolute Gasteiger partial charge is 0.509 e. The van der Waals surface area contributed by atoms with Crippen molar-refractivity contribution in [1.82, 2.24) is 15.5 Å². The number of carbonyl (C=O) groups is 3. The lowest BCUT2D eigenvalue weighted by atomic mass is 10.0. The Morgan fingerprint density at radius 1 is 1.19 bits per heavy atom. The van der Waals surface area contributed by atoms with Crippen molar-refractivity contribution in [3.8, 4) is 0 Å². The van der Waals surface area contributed by atoms with Crippen molar-refractivity contribution in [2.45, 2.75) is 64.1 Å². The molecule has 1 aromatic carbocycles. The first kappa shape index (κ1) is 22.7. The molecule has 8 heteroatoms. The minimum Gasteiger partial charge on any atom is -0.509 e. The first-order valence-corrected chi connectivity index (χ1v) is 10.7. The molecule has 1 aromatic rings. The molecule has 2 aliphatic rings. The van der Waals surface area contributed by atoms with Crippen LogP contribution in [0.25, 0.3) is 0 Å². The number of amides is 3. The fraction of sp³-hybridized carbons (Fsp3) is 0.522. The van der Waals surface area contributed by atoms with Gasteiger partial charge in [-0.1, -0.05) is 30.3 Å². The average Bonchev–Trinajstić information content (AvgIpc) is 2.99. The summed E-state index contributed by atoms with van der Waals surface area (Å²) in [6.45, 7) is 6.36. The average molecular weight is 430 g/mol. The monoisotopic (exact) mass is 429 g/mol. The number of ether oxygens (including phenoxy) is 1. The summed E-state index contributed by atoms with van der Waals surface area (Å²) in [5, 5.41) is 16.0. The number of nitrogens with one attached hydrogen (secondary N) is 2. The first-order chi connectivity index (χ1) is 14.6. The number of likely N-dealkylation sites (tertiary alicyclic amines) is 1. The Morgan fingerprint density at radius 3 is 2.45 bits per heavy atom. The Balaban J connectivity index is 1.52. The SMILES string of the molecule is CC(C)(C)OC(=O)N1CCC(NC(=O)C2=C(O)C(CCc3ccccc3)NC2=O)CC1. The van der Waals surface area contributed by atoms with Gasteiger partial charge in [0.1, 0.15) is 16.9 Å². The number of aliphatic hydroxyl groups is 1. The number of hydrogen-bond donors (Lipinski definition) is 3. The molecule has 2 aliphatic heterocycles. The molecule has 0 radical (unpaired) electrons. The summed E-state index contributed by atoms with van der Waals surface area (Å²) >= 11 is 0. The summed E-state index contributed by atoms with van der Waals surface area (Å²) in [4.78, 5) is 38.7. The highest BCUT2D eigenvalue weighted by molar-refractivity contribution is 6.20. The third kappa shape index (κ3) is 5.99. The minimum absolute atomic E-state index is 0.178. The second-order valence-electron chi connectivity index (χ2n) is 9.03. The lowest BCUT2D eigenvalue weighted by molar-refractivity contribution is -0.123. The Labute approximate surface area is 182 Å². The summed E-state index contributed by atoms with van der Waals surface area (Å²) in [7, 11) is 0. The van der Waals surface area contributed by atoms with E-state index in [2.05, 4.69) is 10.6 Å². The van der Waals surface area contributed by atoms with E-state index in [0.29, 0.717) is 38.8 Å². The second-order valence-corrected chi connectivity index (χ2v) is 9.03. The number of rotatable bonds is 5. The molecule has 1 saturated heterocycles. The molecule has 1 unspecified atom stereocenters. The summed E-state index contributed by atoms with van der Waals surface area (Å²) in [5.41, 5.74) is 0.325. The molecule has 0 spiro atoms. The third-order valence-electron chi connectivity index (χ3n) is 5.39. The maximum Gasteiger partial charge on any atom is 0.410 e. The Hall–Kier alpha value is -3.03. The molecule has 0 bridgehead atoms. The Bertz CT molecular complexity index is 852. The van der Waals surface area contributed by atoms with Gasteiger partial charge < -0.3 is 25.4 Å². The van der Waals surface area contributed by atoms with Gasteiger partial charge in [-0.05, 0) is 52.0 Å². The van der Waals surface area contributed by atoms with Gasteiger partial charge in [0, 0.05) is 19.1 Å². The van der Waals surface area contributed by atoms with E-state index in [1.807, 2.05) is 51.1 Å². The molecule has 0 saturated carbocycles. The molecule has 1 fully saturated rings. The van der Waals surface area contributed by atoms with Crippen molar-refractivity contribution in [1.29, 1.82) is 0 Å². The molecular weight excluding hydrogens is 398 g/mol. The van der Waals surface area contributed by atoms with E-state index in [-0.39, 0.29) is 23.5 Å². The third-order valence-corrected chi connectivity index (χ3v) is 5.39. The number of aryl methyl sites for hydroxylation is 1. The van der Waals surface area contributed by atoms with Crippen molar-refractivity contribution < 1.29 is 24.2 Å². The van der Waals surface area contributed by atoms with E-state index < -0.39 is 23.5 Å². The minimum atomic E-state index is -0.576. The van der Waals surface area contributed by atoms with Crippen molar-refractivity contribution in [2.24, 2.45) is 0 Å². The van der Waals surface area contributed by atoms with Crippen LogP contribution in [0.1, 0.15) is 45.6 Å². The maximum atomic E-state index is 12.7. The number of benzene rings is 1. The molecule has 3 rings (SSSR count). The number of nitrogens with zero attached hydrogens (tertiary/aromatic N) is 1. The van der Waals surface area contributed by atoms with Crippen molar-refractivity contribution in [3.63, 3.8) is 0 Å². The van der Waals surface area contributed by atoms with Crippen LogP contribution in [0.15, 0.2) is 41.7 Å². The lowest BCUT2D eigenvalue weighted by Gasteiger charge is -2.33. The van der Waals surface area contributed by atoms with E-state index in [9.17, 15) is 19.5 Å². The number of carbonyl (C=O) groups excluding carboxylic acids is 3. The van der Waals surface area contributed by atoms with E-state index >= 15 is 0 Å². The number of aliphatic hydroxyl groups excluding tert-OH is 1. The topological polar surface area (TPSA) is 108 Å². The smallest absolute Gasteiger partial charge is 0.410 e. The fourth-order valence-electron chi connectivity index (χ4n) is 3.76. The summed E-state index contributed by atoms with van der Waals surface area (Å²) in [6, 6.07) is 9.02. The molecule has 3 N–H and O–H groups in total. The predicted octanol–water partition coefficient (Wildman–Crippen LogP) is 2.45. The van der Waals surface area contributed by atoms with Crippen LogP contribution in [-0.2, 0) is 20.7 Å². The predicted molar refractivity (Wildman–Crippen MR) is 115 cm³/mol.